The highest BCUT2D eigenvalue weighted by Crippen LogP contribution is 2.61. The molecule has 2 rings (SSSR count). The minimum absolute atomic E-state index is 0.405. The fraction of sp³-hybridized carbons (Fsp3) is 0.538. The third kappa shape index (κ3) is 2.06. The summed E-state index contributed by atoms with van der Waals surface area (Å²) in [5.74, 6) is -0.810. The predicted molar refractivity (Wildman–Crippen MR) is 62.7 cm³/mol. The lowest BCUT2D eigenvalue weighted by molar-refractivity contribution is -0.135. The van der Waals surface area contributed by atoms with Crippen LogP contribution in [-0.2, 0) is 23.8 Å². The van der Waals surface area contributed by atoms with E-state index in [1.165, 1.54) is 26.4 Å². The normalized spacial score (nSPS) is 33.7. The van der Waals surface area contributed by atoms with Crippen molar-refractivity contribution in [3.63, 3.8) is 0 Å². The number of methoxy groups -OCH3 is 2. The molecule has 2 unspecified atom stereocenters. The Hall–Kier alpha value is -1.62. The number of carbonyl (C=O) groups is 2. The summed E-state index contributed by atoms with van der Waals surface area (Å²) in [5.41, 5.74) is -0.905. The van der Waals surface area contributed by atoms with Crippen LogP contribution in [-0.4, -0.2) is 37.4 Å². The lowest BCUT2D eigenvalue weighted by atomic mass is 9.95. The summed E-state index contributed by atoms with van der Waals surface area (Å²) in [6.07, 6.45) is 8.88. The molecule has 0 radical (unpaired) electrons. The number of hydrogen-bond donors (Lipinski definition) is 0. The standard InChI is InChI=1S/C13H16O5/c1-16-10(14)4-8-12-6-3-7-13(12,18-12)9-5-11(15)17-2/h4-5,8-9H,3,6-7H2,1-2H3/b8-4+,9-5+. The maximum Gasteiger partial charge on any atom is 0.330 e. The number of carbonyl (C=O) groups excluding carboxylic acids is 2. The average molecular weight is 252 g/mol. The van der Waals surface area contributed by atoms with Crippen molar-refractivity contribution in [2.75, 3.05) is 14.2 Å². The Morgan fingerprint density at radius 1 is 1.00 bits per heavy atom. The van der Waals surface area contributed by atoms with Crippen molar-refractivity contribution in [3.05, 3.63) is 24.3 Å². The summed E-state index contributed by atoms with van der Waals surface area (Å²) in [6, 6.07) is 0. The molecule has 0 spiro atoms. The highest BCUT2D eigenvalue weighted by molar-refractivity contribution is 5.83. The second-order valence-corrected chi connectivity index (χ2v) is 4.45. The van der Waals surface area contributed by atoms with Gasteiger partial charge >= 0.3 is 11.9 Å². The van der Waals surface area contributed by atoms with Gasteiger partial charge in [0.1, 0.15) is 11.2 Å². The topological polar surface area (TPSA) is 65.1 Å². The summed E-state index contributed by atoms with van der Waals surface area (Å²) >= 11 is 0. The first-order valence-corrected chi connectivity index (χ1v) is 5.82. The Morgan fingerprint density at radius 3 is 1.83 bits per heavy atom. The fourth-order valence-electron chi connectivity index (χ4n) is 2.50. The van der Waals surface area contributed by atoms with Crippen LogP contribution in [0.2, 0.25) is 0 Å². The van der Waals surface area contributed by atoms with Gasteiger partial charge in [0.25, 0.3) is 0 Å². The molecule has 5 heteroatoms. The zero-order valence-electron chi connectivity index (χ0n) is 10.5. The monoisotopic (exact) mass is 252 g/mol. The Kier molecular flexibility index (Phi) is 3.26. The van der Waals surface area contributed by atoms with Crippen LogP contribution in [0.5, 0.6) is 0 Å². The van der Waals surface area contributed by atoms with E-state index < -0.39 is 23.1 Å². The van der Waals surface area contributed by atoms with Crippen molar-refractivity contribution in [2.45, 2.75) is 30.5 Å². The number of ether oxygens (including phenoxy) is 3. The van der Waals surface area contributed by atoms with Crippen LogP contribution in [0.4, 0.5) is 0 Å². The molecule has 1 aliphatic carbocycles. The van der Waals surface area contributed by atoms with E-state index in [0.29, 0.717) is 0 Å². The molecule has 1 heterocycles. The van der Waals surface area contributed by atoms with Crippen LogP contribution in [0.15, 0.2) is 24.3 Å². The highest BCUT2D eigenvalue weighted by Gasteiger charge is 2.69. The third-order valence-electron chi connectivity index (χ3n) is 3.51. The van der Waals surface area contributed by atoms with Crippen LogP contribution < -0.4 is 0 Å². The second kappa shape index (κ2) is 4.57. The van der Waals surface area contributed by atoms with Crippen LogP contribution >= 0.6 is 0 Å². The van der Waals surface area contributed by atoms with Gasteiger partial charge in [0.15, 0.2) is 0 Å². The van der Waals surface area contributed by atoms with Gasteiger partial charge in [-0.15, -0.1) is 0 Å². The lowest BCUT2D eigenvalue weighted by Gasteiger charge is -2.02. The van der Waals surface area contributed by atoms with E-state index in [9.17, 15) is 9.59 Å². The predicted octanol–water partition coefficient (Wildman–Crippen LogP) is 1.14. The Morgan fingerprint density at radius 2 is 1.44 bits per heavy atom. The van der Waals surface area contributed by atoms with Crippen LogP contribution in [0.25, 0.3) is 0 Å². The van der Waals surface area contributed by atoms with Crippen LogP contribution in [0, 0.1) is 0 Å². The zero-order chi connectivity index (χ0) is 13.2. The summed E-state index contributed by atoms with van der Waals surface area (Å²) in [5, 5.41) is 0. The molecule has 5 nitrogen and oxygen atoms in total. The molecule has 18 heavy (non-hydrogen) atoms. The average Bonchev–Trinajstić information content (AvgIpc) is 2.89. The molecule has 1 saturated carbocycles. The van der Waals surface area contributed by atoms with Gasteiger partial charge < -0.3 is 14.2 Å². The molecular weight excluding hydrogens is 236 g/mol. The highest BCUT2D eigenvalue weighted by atomic mass is 16.6. The Labute approximate surface area is 105 Å². The maximum atomic E-state index is 11.1. The summed E-state index contributed by atoms with van der Waals surface area (Å²) < 4.78 is 14.8. The molecule has 0 aromatic rings. The molecule has 0 aromatic heterocycles. The van der Waals surface area contributed by atoms with Crippen molar-refractivity contribution in [3.8, 4) is 0 Å². The quantitative estimate of drug-likeness (QED) is 0.426. The van der Waals surface area contributed by atoms with Crippen LogP contribution in [0.1, 0.15) is 19.3 Å². The summed E-state index contributed by atoms with van der Waals surface area (Å²) in [7, 11) is 2.66. The van der Waals surface area contributed by atoms with E-state index >= 15 is 0 Å². The van der Waals surface area contributed by atoms with Crippen LogP contribution in [0.3, 0.4) is 0 Å². The first-order valence-electron chi connectivity index (χ1n) is 5.82. The third-order valence-corrected chi connectivity index (χ3v) is 3.51. The smallest absolute Gasteiger partial charge is 0.330 e. The zero-order valence-corrected chi connectivity index (χ0v) is 10.5. The molecule has 2 atom stereocenters. The largest absolute Gasteiger partial charge is 0.466 e. The fourth-order valence-corrected chi connectivity index (χ4v) is 2.50. The molecule has 0 aromatic carbocycles. The lowest BCUT2D eigenvalue weighted by Crippen LogP contribution is -2.16. The van der Waals surface area contributed by atoms with E-state index in [1.807, 2.05) is 0 Å². The maximum absolute atomic E-state index is 11.1. The number of fused-ring (bicyclic) bond motifs is 1. The molecule has 98 valence electrons. The van der Waals surface area contributed by atoms with Gasteiger partial charge in [-0.2, -0.15) is 0 Å². The van der Waals surface area contributed by atoms with Gasteiger partial charge in [0.2, 0.25) is 0 Å². The van der Waals surface area contributed by atoms with Crippen molar-refractivity contribution in [1.82, 2.24) is 0 Å². The number of hydrogen-bond acceptors (Lipinski definition) is 5. The first-order chi connectivity index (χ1) is 8.57. The summed E-state index contributed by atoms with van der Waals surface area (Å²) in [4.78, 5) is 22.2. The Bertz CT molecular complexity index is 387. The van der Waals surface area contributed by atoms with Gasteiger partial charge in [-0.25, -0.2) is 9.59 Å². The minimum atomic E-state index is -0.453. The SMILES string of the molecule is COC(=O)/C=C/C12CCCC1(/C=C/C(=O)OC)O2. The molecule has 0 amide bonds. The van der Waals surface area contributed by atoms with Crippen molar-refractivity contribution in [1.29, 1.82) is 0 Å². The van der Waals surface area contributed by atoms with Gasteiger partial charge in [-0.05, 0) is 31.4 Å². The first kappa shape index (κ1) is 12.8. The van der Waals surface area contributed by atoms with E-state index in [2.05, 4.69) is 9.47 Å². The summed E-state index contributed by atoms with van der Waals surface area (Å²) in [6.45, 7) is 0. The van der Waals surface area contributed by atoms with Crippen molar-refractivity contribution in [2.24, 2.45) is 0 Å². The Balaban J connectivity index is 2.08. The van der Waals surface area contributed by atoms with Crippen molar-refractivity contribution >= 4 is 11.9 Å². The van der Waals surface area contributed by atoms with Crippen molar-refractivity contribution < 1.29 is 23.8 Å². The molecule has 2 aliphatic rings. The van der Waals surface area contributed by atoms with Gasteiger partial charge in [0.05, 0.1) is 14.2 Å². The van der Waals surface area contributed by atoms with Gasteiger partial charge in [-0.3, -0.25) is 0 Å². The molecule has 0 bridgehead atoms. The van der Waals surface area contributed by atoms with E-state index in [0.717, 1.165) is 19.3 Å². The van der Waals surface area contributed by atoms with E-state index in [-0.39, 0.29) is 0 Å². The molecular formula is C13H16O5. The molecule has 1 aliphatic heterocycles. The number of rotatable bonds is 4. The molecule has 2 fully saturated rings. The molecule has 0 N–H and O–H groups in total. The number of epoxide rings is 1. The molecule has 1 saturated heterocycles. The van der Waals surface area contributed by atoms with Gasteiger partial charge in [-0.1, -0.05) is 0 Å². The van der Waals surface area contributed by atoms with E-state index in [4.69, 9.17) is 4.74 Å². The van der Waals surface area contributed by atoms with Gasteiger partial charge in [0, 0.05) is 12.2 Å². The number of esters is 2. The minimum Gasteiger partial charge on any atom is -0.466 e. The second-order valence-electron chi connectivity index (χ2n) is 4.45. The van der Waals surface area contributed by atoms with E-state index in [1.54, 1.807) is 12.2 Å².